The third kappa shape index (κ3) is 6.32. The zero-order valence-corrected chi connectivity index (χ0v) is 14.1. The summed E-state index contributed by atoms with van der Waals surface area (Å²) in [7, 11) is -2.85. The normalized spacial score (nSPS) is 20.3. The van der Waals surface area contributed by atoms with Crippen LogP contribution in [0.4, 0.5) is 0 Å². The molecule has 116 valence electrons. The van der Waals surface area contributed by atoms with Gasteiger partial charge in [-0.3, -0.25) is 4.79 Å². The van der Waals surface area contributed by atoms with E-state index in [1.807, 2.05) is 30.3 Å². The number of thioether (sulfide) groups is 2. The molecule has 0 spiro atoms. The highest BCUT2D eigenvalue weighted by Crippen LogP contribution is 2.24. The lowest BCUT2D eigenvalue weighted by atomic mass is 10.4. The van der Waals surface area contributed by atoms with E-state index in [1.165, 1.54) is 16.7 Å². The van der Waals surface area contributed by atoms with E-state index in [0.717, 1.165) is 5.75 Å². The van der Waals surface area contributed by atoms with Crippen LogP contribution < -0.4 is 5.32 Å². The second-order valence-electron chi connectivity index (χ2n) is 4.85. The molecule has 1 fully saturated rings. The van der Waals surface area contributed by atoms with Gasteiger partial charge in [-0.1, -0.05) is 18.2 Å². The van der Waals surface area contributed by atoms with Crippen LogP contribution in [0.1, 0.15) is 6.42 Å². The smallest absolute Gasteiger partial charge is 0.230 e. The van der Waals surface area contributed by atoms with Crippen molar-refractivity contribution >= 4 is 39.3 Å². The Kier molecular flexibility index (Phi) is 6.44. The van der Waals surface area contributed by atoms with Crippen LogP contribution in [0.5, 0.6) is 0 Å². The van der Waals surface area contributed by atoms with Crippen molar-refractivity contribution in [2.75, 3.05) is 29.6 Å². The lowest BCUT2D eigenvalue weighted by Crippen LogP contribution is -2.28. The molecule has 1 saturated heterocycles. The largest absolute Gasteiger partial charge is 0.355 e. The number of benzene rings is 1. The van der Waals surface area contributed by atoms with E-state index in [4.69, 9.17) is 0 Å². The summed E-state index contributed by atoms with van der Waals surface area (Å²) in [6.07, 6.45) is 0.671. The highest BCUT2D eigenvalue weighted by molar-refractivity contribution is 8.02. The zero-order valence-electron chi connectivity index (χ0n) is 11.7. The van der Waals surface area contributed by atoms with Gasteiger partial charge < -0.3 is 5.32 Å². The first-order valence-electron chi connectivity index (χ1n) is 6.82. The predicted molar refractivity (Wildman–Crippen MR) is 89.7 cm³/mol. The highest BCUT2D eigenvalue weighted by atomic mass is 32.2. The molecule has 0 aromatic heterocycles. The standard InChI is InChI=1S/C14H19NO3S3/c16-14(10-20-13-6-9-21(17,18)11-13)15-7-8-19-12-4-2-1-3-5-12/h1-5,13H,6-11H2,(H,15,16)/t13-/m1/s1. The first kappa shape index (κ1) is 16.7. The van der Waals surface area contributed by atoms with Crippen LogP contribution in [0, 0.1) is 0 Å². The molecule has 1 aromatic carbocycles. The molecule has 1 atom stereocenters. The van der Waals surface area contributed by atoms with Crippen LogP contribution in [-0.4, -0.2) is 49.1 Å². The summed E-state index contributed by atoms with van der Waals surface area (Å²) < 4.78 is 22.6. The van der Waals surface area contributed by atoms with E-state index >= 15 is 0 Å². The van der Waals surface area contributed by atoms with Crippen LogP contribution in [0.25, 0.3) is 0 Å². The van der Waals surface area contributed by atoms with Crippen LogP contribution in [0.3, 0.4) is 0 Å². The van der Waals surface area contributed by atoms with E-state index in [2.05, 4.69) is 5.32 Å². The average Bonchev–Trinajstić information content (AvgIpc) is 2.82. The molecule has 4 nitrogen and oxygen atoms in total. The molecular weight excluding hydrogens is 326 g/mol. The Morgan fingerprint density at radius 3 is 2.71 bits per heavy atom. The van der Waals surface area contributed by atoms with Gasteiger partial charge in [0.2, 0.25) is 5.91 Å². The number of sulfone groups is 1. The molecule has 1 heterocycles. The van der Waals surface area contributed by atoms with E-state index < -0.39 is 9.84 Å². The summed E-state index contributed by atoms with van der Waals surface area (Å²) in [5.41, 5.74) is 0. The fourth-order valence-corrected chi connectivity index (χ4v) is 6.28. The third-order valence-electron chi connectivity index (χ3n) is 3.08. The number of carbonyl (C=O) groups is 1. The van der Waals surface area contributed by atoms with Crippen molar-refractivity contribution < 1.29 is 13.2 Å². The monoisotopic (exact) mass is 345 g/mol. The first-order chi connectivity index (χ1) is 10.1. The molecule has 2 rings (SSSR count). The van der Waals surface area contributed by atoms with Crippen LogP contribution in [0.2, 0.25) is 0 Å². The lowest BCUT2D eigenvalue weighted by Gasteiger charge is -2.08. The number of carbonyl (C=O) groups excluding carboxylic acids is 1. The molecule has 1 aromatic rings. The minimum atomic E-state index is -2.85. The Morgan fingerprint density at radius 1 is 1.29 bits per heavy atom. The molecule has 0 saturated carbocycles. The molecule has 0 unspecified atom stereocenters. The number of rotatable bonds is 7. The first-order valence-corrected chi connectivity index (χ1v) is 10.7. The van der Waals surface area contributed by atoms with Crippen molar-refractivity contribution in [3.05, 3.63) is 30.3 Å². The fraction of sp³-hybridized carbons (Fsp3) is 0.500. The van der Waals surface area contributed by atoms with Gasteiger partial charge in [0.25, 0.3) is 0 Å². The highest BCUT2D eigenvalue weighted by Gasteiger charge is 2.28. The summed E-state index contributed by atoms with van der Waals surface area (Å²) in [5, 5.41) is 2.95. The molecular formula is C14H19NO3S3. The molecule has 1 aliphatic heterocycles. The summed E-state index contributed by atoms with van der Waals surface area (Å²) in [4.78, 5) is 12.9. The van der Waals surface area contributed by atoms with Crippen molar-refractivity contribution in [2.45, 2.75) is 16.6 Å². The van der Waals surface area contributed by atoms with Gasteiger partial charge in [-0.15, -0.1) is 23.5 Å². The summed E-state index contributed by atoms with van der Waals surface area (Å²) in [6.45, 7) is 0.627. The van der Waals surface area contributed by atoms with Gasteiger partial charge in [0.15, 0.2) is 9.84 Å². The molecule has 1 aliphatic rings. The van der Waals surface area contributed by atoms with Gasteiger partial charge in [0.05, 0.1) is 17.3 Å². The van der Waals surface area contributed by atoms with Gasteiger partial charge in [-0.2, -0.15) is 0 Å². The Balaban J connectivity index is 1.56. The summed E-state index contributed by atoms with van der Waals surface area (Å²) >= 11 is 3.16. The van der Waals surface area contributed by atoms with Crippen LogP contribution >= 0.6 is 23.5 Å². The summed E-state index contributed by atoms with van der Waals surface area (Å²) in [6, 6.07) is 10.1. The minimum Gasteiger partial charge on any atom is -0.355 e. The number of amides is 1. The molecule has 1 amide bonds. The maximum Gasteiger partial charge on any atom is 0.230 e. The Morgan fingerprint density at radius 2 is 2.05 bits per heavy atom. The van der Waals surface area contributed by atoms with Crippen molar-refractivity contribution in [1.82, 2.24) is 5.32 Å². The Bertz CT molecular complexity index is 560. The van der Waals surface area contributed by atoms with Crippen LogP contribution in [-0.2, 0) is 14.6 Å². The molecule has 1 N–H and O–H groups in total. The van der Waals surface area contributed by atoms with Crippen LogP contribution in [0.15, 0.2) is 35.2 Å². The second kappa shape index (κ2) is 8.10. The van der Waals surface area contributed by atoms with E-state index in [-0.39, 0.29) is 22.7 Å². The molecule has 0 radical (unpaired) electrons. The Hall–Kier alpha value is -0.660. The third-order valence-corrected chi connectivity index (χ3v) is 7.37. The lowest BCUT2D eigenvalue weighted by molar-refractivity contribution is -0.118. The van der Waals surface area contributed by atoms with Crippen molar-refractivity contribution in [2.24, 2.45) is 0 Å². The van der Waals surface area contributed by atoms with E-state index in [0.29, 0.717) is 18.7 Å². The molecule has 21 heavy (non-hydrogen) atoms. The van der Waals surface area contributed by atoms with Crippen molar-refractivity contribution in [3.8, 4) is 0 Å². The van der Waals surface area contributed by atoms with E-state index in [1.54, 1.807) is 11.8 Å². The van der Waals surface area contributed by atoms with Gasteiger partial charge >= 0.3 is 0 Å². The van der Waals surface area contributed by atoms with E-state index in [9.17, 15) is 13.2 Å². The number of hydrogen-bond acceptors (Lipinski definition) is 5. The topological polar surface area (TPSA) is 63.2 Å². The molecule has 7 heteroatoms. The molecule has 0 bridgehead atoms. The number of nitrogens with one attached hydrogen (secondary N) is 1. The maximum absolute atomic E-state index is 11.7. The van der Waals surface area contributed by atoms with Crippen molar-refractivity contribution in [3.63, 3.8) is 0 Å². The quantitative estimate of drug-likeness (QED) is 0.603. The van der Waals surface area contributed by atoms with Gasteiger partial charge in [0.1, 0.15) is 0 Å². The SMILES string of the molecule is O=C(CS[C@@H]1CCS(=O)(=O)C1)NCCSc1ccccc1. The number of hydrogen-bond donors (Lipinski definition) is 1. The minimum absolute atomic E-state index is 0.0158. The summed E-state index contributed by atoms with van der Waals surface area (Å²) in [5.74, 6) is 1.64. The van der Waals surface area contributed by atoms with Gasteiger partial charge in [-0.05, 0) is 18.6 Å². The average molecular weight is 346 g/mol. The predicted octanol–water partition coefficient (Wildman–Crippen LogP) is 1.82. The fourth-order valence-electron chi connectivity index (χ4n) is 2.01. The molecule has 0 aliphatic carbocycles. The zero-order chi connectivity index (χ0) is 15.1. The maximum atomic E-state index is 11.7. The second-order valence-corrected chi connectivity index (χ2v) is 9.53. The Labute approximate surface area is 134 Å². The van der Waals surface area contributed by atoms with Crippen molar-refractivity contribution in [1.29, 1.82) is 0 Å². The van der Waals surface area contributed by atoms with Gasteiger partial charge in [-0.25, -0.2) is 8.42 Å². The van der Waals surface area contributed by atoms with Gasteiger partial charge in [0, 0.05) is 22.4 Å².